The van der Waals surface area contributed by atoms with E-state index in [9.17, 15) is 45.6 Å². The van der Waals surface area contributed by atoms with Gasteiger partial charge in [-0.2, -0.15) is 0 Å². The van der Waals surface area contributed by atoms with E-state index in [1.165, 1.54) is 205 Å². The summed E-state index contributed by atoms with van der Waals surface area (Å²) in [6.07, 6.45) is 51.7. The summed E-state index contributed by atoms with van der Waals surface area (Å²) in [6, 6.07) is -0.937. The minimum absolute atomic E-state index is 0.250. The van der Waals surface area contributed by atoms with E-state index >= 15 is 0 Å². The lowest BCUT2D eigenvalue weighted by Gasteiger charge is -2.46. The van der Waals surface area contributed by atoms with Crippen molar-refractivity contribution in [1.29, 1.82) is 0 Å². The first-order valence-corrected chi connectivity index (χ1v) is 33.9. The molecule has 480 valence electrons. The monoisotopic (exact) mass is 1160 g/mol. The third kappa shape index (κ3) is 37.5. The second kappa shape index (κ2) is 53.2. The standard InChI is InChI=1S/C68H125NO13/c1-3-5-7-9-11-13-15-17-19-21-22-23-24-25-26-27-28-29-30-31-32-33-34-36-38-40-42-44-46-48-50-52-60(73)69-56(57(72)51-49-47-45-43-41-39-37-35-20-18-16-14-12-10-8-6-4-2)55-79-67-65(78)63(76)66(59(54-71)81-67)82-68-64(77)62(75)61(74)58(53-70)80-68/h20-22,35,41,43,49,51,56-59,61-68,70-72,74-78H,3-19,23-34,36-40,42,44-48,50,52-55H2,1-2H3,(H,69,73)/b22-21-,35-20+,43-41+,51-49+. The van der Waals surface area contributed by atoms with Gasteiger partial charge in [0.2, 0.25) is 5.91 Å². The van der Waals surface area contributed by atoms with Crippen molar-refractivity contribution in [3.05, 3.63) is 48.6 Å². The number of allylic oxidation sites excluding steroid dienone is 7. The van der Waals surface area contributed by atoms with Gasteiger partial charge in [0.25, 0.3) is 0 Å². The number of aliphatic hydroxyl groups excluding tert-OH is 8. The Morgan fingerprint density at radius 2 is 0.780 bits per heavy atom. The molecule has 2 fully saturated rings. The van der Waals surface area contributed by atoms with Crippen molar-refractivity contribution in [2.75, 3.05) is 19.8 Å². The van der Waals surface area contributed by atoms with Gasteiger partial charge in [0.05, 0.1) is 32.0 Å². The molecule has 0 aromatic heterocycles. The predicted molar refractivity (Wildman–Crippen MR) is 332 cm³/mol. The summed E-state index contributed by atoms with van der Waals surface area (Å²) in [4.78, 5) is 13.3. The van der Waals surface area contributed by atoms with Gasteiger partial charge in [-0.05, 0) is 70.6 Å². The number of unbranched alkanes of at least 4 members (excludes halogenated alkanes) is 36. The first kappa shape index (κ1) is 76.0. The fraction of sp³-hybridized carbons (Fsp3) is 0.868. The van der Waals surface area contributed by atoms with Gasteiger partial charge in [0, 0.05) is 6.42 Å². The van der Waals surface area contributed by atoms with Crippen molar-refractivity contribution in [2.45, 2.75) is 357 Å². The van der Waals surface area contributed by atoms with Crippen LogP contribution in [0.3, 0.4) is 0 Å². The summed E-state index contributed by atoms with van der Waals surface area (Å²) < 4.78 is 22.8. The molecule has 0 saturated carbocycles. The summed E-state index contributed by atoms with van der Waals surface area (Å²) in [6.45, 7) is 2.79. The molecule has 2 heterocycles. The van der Waals surface area contributed by atoms with Crippen molar-refractivity contribution in [3.63, 3.8) is 0 Å². The molecule has 0 aromatic carbocycles. The van der Waals surface area contributed by atoms with E-state index in [2.05, 4.69) is 55.6 Å². The summed E-state index contributed by atoms with van der Waals surface area (Å²) in [5.41, 5.74) is 0. The van der Waals surface area contributed by atoms with E-state index in [1.807, 2.05) is 6.08 Å². The van der Waals surface area contributed by atoms with Crippen molar-refractivity contribution in [1.82, 2.24) is 5.32 Å². The normalized spacial score (nSPS) is 24.2. The van der Waals surface area contributed by atoms with Crippen LogP contribution in [0, 0.1) is 0 Å². The molecule has 0 aliphatic carbocycles. The van der Waals surface area contributed by atoms with Crippen molar-refractivity contribution in [2.24, 2.45) is 0 Å². The fourth-order valence-electron chi connectivity index (χ4n) is 11.0. The van der Waals surface area contributed by atoms with Crippen molar-refractivity contribution < 1.29 is 64.6 Å². The predicted octanol–water partition coefficient (Wildman–Crippen LogP) is 13.1. The molecule has 2 rings (SSSR count). The highest BCUT2D eigenvalue weighted by atomic mass is 16.7. The molecule has 12 unspecified atom stereocenters. The molecule has 12 atom stereocenters. The van der Waals surface area contributed by atoms with Crippen LogP contribution in [0.25, 0.3) is 0 Å². The highest BCUT2D eigenvalue weighted by Gasteiger charge is 2.51. The quantitative estimate of drug-likeness (QED) is 0.0204. The van der Waals surface area contributed by atoms with Gasteiger partial charge in [0.1, 0.15) is 48.8 Å². The molecule has 9 N–H and O–H groups in total. The zero-order valence-corrected chi connectivity index (χ0v) is 52.0. The third-order valence-corrected chi connectivity index (χ3v) is 16.5. The molecule has 0 radical (unpaired) electrons. The van der Waals surface area contributed by atoms with Crippen molar-refractivity contribution in [3.8, 4) is 0 Å². The number of aliphatic hydroxyl groups is 8. The van der Waals surface area contributed by atoms with Crippen LogP contribution in [0.2, 0.25) is 0 Å². The Bertz CT molecular complexity index is 1560. The lowest BCUT2D eigenvalue weighted by atomic mass is 9.97. The second-order valence-electron chi connectivity index (χ2n) is 23.9. The van der Waals surface area contributed by atoms with Gasteiger partial charge < -0.3 is 65.1 Å². The minimum Gasteiger partial charge on any atom is -0.394 e. The molecule has 2 aliphatic heterocycles. The first-order chi connectivity index (χ1) is 40.1. The molecule has 0 aromatic rings. The lowest BCUT2D eigenvalue weighted by Crippen LogP contribution is -2.65. The fourth-order valence-corrected chi connectivity index (χ4v) is 11.0. The molecular weight excluding hydrogens is 1040 g/mol. The van der Waals surface area contributed by atoms with Crippen LogP contribution < -0.4 is 5.32 Å². The van der Waals surface area contributed by atoms with E-state index < -0.39 is 86.8 Å². The van der Waals surface area contributed by atoms with E-state index in [-0.39, 0.29) is 18.9 Å². The molecule has 1 amide bonds. The van der Waals surface area contributed by atoms with Gasteiger partial charge in [-0.25, -0.2) is 0 Å². The number of rotatable bonds is 55. The maximum atomic E-state index is 13.3. The molecule has 2 aliphatic rings. The van der Waals surface area contributed by atoms with Crippen LogP contribution in [0.4, 0.5) is 0 Å². The minimum atomic E-state index is -1.79. The van der Waals surface area contributed by atoms with Gasteiger partial charge >= 0.3 is 0 Å². The first-order valence-electron chi connectivity index (χ1n) is 33.9. The van der Waals surface area contributed by atoms with Crippen LogP contribution in [-0.2, 0) is 23.7 Å². The number of hydrogen-bond donors (Lipinski definition) is 9. The molecule has 14 nitrogen and oxygen atoms in total. The number of hydrogen-bond acceptors (Lipinski definition) is 13. The van der Waals surface area contributed by atoms with E-state index in [1.54, 1.807) is 6.08 Å². The summed E-state index contributed by atoms with van der Waals surface area (Å²) in [5, 5.41) is 87.2. The Hall–Kier alpha value is -2.05. The van der Waals surface area contributed by atoms with Crippen LogP contribution in [-0.4, -0.2) is 140 Å². The van der Waals surface area contributed by atoms with Gasteiger partial charge in [-0.1, -0.05) is 255 Å². The molecule has 2 saturated heterocycles. The van der Waals surface area contributed by atoms with Gasteiger partial charge in [-0.15, -0.1) is 0 Å². The smallest absolute Gasteiger partial charge is 0.220 e. The average molecular weight is 1160 g/mol. The topological polar surface area (TPSA) is 228 Å². The Kier molecular flexibility index (Phi) is 49.3. The Morgan fingerprint density at radius 3 is 1.20 bits per heavy atom. The Balaban J connectivity index is 1.67. The van der Waals surface area contributed by atoms with E-state index in [0.29, 0.717) is 12.8 Å². The Labute approximate surface area is 499 Å². The lowest BCUT2D eigenvalue weighted by molar-refractivity contribution is -0.359. The van der Waals surface area contributed by atoms with Crippen LogP contribution in [0.15, 0.2) is 48.6 Å². The summed E-state index contributed by atoms with van der Waals surface area (Å²) in [5.74, 6) is -0.250. The highest BCUT2D eigenvalue weighted by Crippen LogP contribution is 2.30. The SMILES string of the molecule is CCCCCCCCC/C=C/CC/C=C/CC/C=C/C(O)C(COC1OC(CO)C(OC2OC(CO)C(O)C(O)C2O)C(O)C1O)NC(=O)CCCCCCCCCCCCCCCCCCCCC/C=C\CCCCCCCCCC. The number of carbonyl (C=O) groups is 1. The third-order valence-electron chi connectivity index (χ3n) is 16.5. The molecule has 14 heteroatoms. The van der Waals surface area contributed by atoms with E-state index in [4.69, 9.17) is 18.9 Å². The second-order valence-corrected chi connectivity index (χ2v) is 23.9. The highest BCUT2D eigenvalue weighted by molar-refractivity contribution is 5.76. The van der Waals surface area contributed by atoms with Crippen LogP contribution in [0.1, 0.15) is 284 Å². The summed E-state index contributed by atoms with van der Waals surface area (Å²) >= 11 is 0. The Morgan fingerprint density at radius 1 is 0.427 bits per heavy atom. The number of nitrogens with one attached hydrogen (secondary N) is 1. The molecule has 0 spiro atoms. The summed E-state index contributed by atoms with van der Waals surface area (Å²) in [7, 11) is 0. The number of amides is 1. The van der Waals surface area contributed by atoms with Crippen LogP contribution >= 0.6 is 0 Å². The van der Waals surface area contributed by atoms with E-state index in [0.717, 1.165) is 44.9 Å². The number of carbonyl (C=O) groups excluding carboxylic acids is 1. The maximum Gasteiger partial charge on any atom is 0.220 e. The number of ether oxygens (including phenoxy) is 4. The maximum absolute atomic E-state index is 13.3. The molecule has 82 heavy (non-hydrogen) atoms. The average Bonchev–Trinajstić information content (AvgIpc) is 3.53. The van der Waals surface area contributed by atoms with Gasteiger partial charge in [0.15, 0.2) is 12.6 Å². The van der Waals surface area contributed by atoms with Crippen molar-refractivity contribution >= 4 is 5.91 Å². The largest absolute Gasteiger partial charge is 0.394 e. The zero-order valence-electron chi connectivity index (χ0n) is 52.0. The van der Waals surface area contributed by atoms with Gasteiger partial charge in [-0.3, -0.25) is 4.79 Å². The van der Waals surface area contributed by atoms with Crippen LogP contribution in [0.5, 0.6) is 0 Å². The zero-order chi connectivity index (χ0) is 59.5. The molecule has 0 bridgehead atoms. The molecular formula is C68H125NO13.